The van der Waals surface area contributed by atoms with Crippen molar-refractivity contribution in [3.05, 3.63) is 62.5 Å². The SMILES string of the molecule is CCOC(=O)C1=C(C)NC(C(SC)SC)=C(C(=O)OCC)C1c1cccc([N+](=O)[O-])c1. The summed E-state index contributed by atoms with van der Waals surface area (Å²) in [6.45, 7) is 5.43. The van der Waals surface area contributed by atoms with Crippen LogP contribution in [0.15, 0.2) is 46.8 Å². The van der Waals surface area contributed by atoms with Crippen molar-refractivity contribution >= 4 is 41.1 Å². The van der Waals surface area contributed by atoms with Gasteiger partial charge >= 0.3 is 11.9 Å². The number of hydrogen-bond acceptors (Lipinski definition) is 9. The molecule has 31 heavy (non-hydrogen) atoms. The molecular weight excluding hydrogens is 440 g/mol. The predicted molar refractivity (Wildman–Crippen MR) is 123 cm³/mol. The molecule has 10 heteroatoms. The van der Waals surface area contributed by atoms with Crippen LogP contribution >= 0.6 is 23.5 Å². The van der Waals surface area contributed by atoms with Gasteiger partial charge in [-0.3, -0.25) is 10.1 Å². The lowest BCUT2D eigenvalue weighted by Crippen LogP contribution is -2.36. The molecule has 1 aliphatic heterocycles. The first kappa shape index (κ1) is 24.8. The van der Waals surface area contributed by atoms with E-state index in [1.807, 2.05) is 12.5 Å². The summed E-state index contributed by atoms with van der Waals surface area (Å²) in [6.07, 6.45) is 3.84. The fourth-order valence-electron chi connectivity index (χ4n) is 3.44. The number of rotatable bonds is 9. The van der Waals surface area contributed by atoms with Crippen molar-refractivity contribution in [1.82, 2.24) is 5.32 Å². The number of nitro benzene ring substituents is 1. The van der Waals surface area contributed by atoms with Crippen LogP contribution < -0.4 is 5.32 Å². The Morgan fingerprint density at radius 2 is 1.71 bits per heavy atom. The molecule has 1 aromatic rings. The number of carbonyl (C=O) groups excluding carboxylic acids is 2. The average Bonchev–Trinajstić information content (AvgIpc) is 2.74. The molecule has 168 valence electrons. The maximum Gasteiger partial charge on any atom is 0.336 e. The molecule has 0 saturated carbocycles. The second kappa shape index (κ2) is 11.2. The van der Waals surface area contributed by atoms with Crippen molar-refractivity contribution in [2.75, 3.05) is 25.7 Å². The van der Waals surface area contributed by atoms with Gasteiger partial charge < -0.3 is 14.8 Å². The van der Waals surface area contributed by atoms with Crippen LogP contribution in [0.25, 0.3) is 0 Å². The van der Waals surface area contributed by atoms with Gasteiger partial charge in [-0.15, -0.1) is 23.5 Å². The summed E-state index contributed by atoms with van der Waals surface area (Å²) in [6, 6.07) is 5.95. The van der Waals surface area contributed by atoms with E-state index in [0.29, 0.717) is 17.0 Å². The minimum absolute atomic E-state index is 0.132. The molecule has 0 aromatic heterocycles. The van der Waals surface area contributed by atoms with E-state index in [1.165, 1.54) is 41.7 Å². The molecule has 2 rings (SSSR count). The van der Waals surface area contributed by atoms with E-state index < -0.39 is 22.8 Å². The molecule has 1 aliphatic rings. The first-order valence-electron chi connectivity index (χ1n) is 9.66. The van der Waals surface area contributed by atoms with Crippen LogP contribution in [0.5, 0.6) is 0 Å². The van der Waals surface area contributed by atoms with Gasteiger partial charge in [0.15, 0.2) is 0 Å². The first-order valence-corrected chi connectivity index (χ1v) is 12.2. The van der Waals surface area contributed by atoms with E-state index in [2.05, 4.69) is 5.32 Å². The number of benzene rings is 1. The van der Waals surface area contributed by atoms with Crippen LogP contribution in [0.2, 0.25) is 0 Å². The van der Waals surface area contributed by atoms with Crippen molar-refractivity contribution in [2.24, 2.45) is 0 Å². The zero-order valence-electron chi connectivity index (χ0n) is 18.1. The summed E-state index contributed by atoms with van der Waals surface area (Å²) < 4.78 is 10.5. The van der Waals surface area contributed by atoms with Gasteiger partial charge in [0.05, 0.1) is 39.8 Å². The number of allylic oxidation sites excluding steroid dienone is 1. The minimum Gasteiger partial charge on any atom is -0.463 e. The maximum absolute atomic E-state index is 13.1. The van der Waals surface area contributed by atoms with Crippen molar-refractivity contribution in [1.29, 1.82) is 0 Å². The Balaban J connectivity index is 2.83. The quantitative estimate of drug-likeness (QED) is 0.250. The van der Waals surface area contributed by atoms with E-state index in [4.69, 9.17) is 9.47 Å². The topological polar surface area (TPSA) is 108 Å². The molecule has 1 atom stereocenters. The molecule has 1 unspecified atom stereocenters. The van der Waals surface area contributed by atoms with Gasteiger partial charge in [0.1, 0.15) is 0 Å². The number of thioether (sulfide) groups is 2. The monoisotopic (exact) mass is 466 g/mol. The zero-order chi connectivity index (χ0) is 23.1. The number of esters is 2. The Morgan fingerprint density at radius 1 is 1.13 bits per heavy atom. The lowest BCUT2D eigenvalue weighted by molar-refractivity contribution is -0.384. The van der Waals surface area contributed by atoms with Crippen LogP contribution in [0, 0.1) is 10.1 Å². The highest BCUT2D eigenvalue weighted by Gasteiger charge is 2.41. The van der Waals surface area contributed by atoms with Crippen LogP contribution in [0.3, 0.4) is 0 Å². The lowest BCUT2D eigenvalue weighted by Gasteiger charge is -2.33. The average molecular weight is 467 g/mol. The third kappa shape index (κ3) is 5.43. The Kier molecular flexibility index (Phi) is 9.00. The smallest absolute Gasteiger partial charge is 0.336 e. The fourth-order valence-corrected chi connectivity index (χ4v) is 5.05. The number of nitro groups is 1. The molecule has 8 nitrogen and oxygen atoms in total. The summed E-state index contributed by atoms with van der Waals surface area (Å²) in [7, 11) is 0. The predicted octanol–water partition coefficient (Wildman–Crippen LogP) is 3.99. The molecule has 0 radical (unpaired) electrons. The Bertz CT molecular complexity index is 924. The summed E-state index contributed by atoms with van der Waals surface area (Å²) in [5.74, 6) is -2.03. The van der Waals surface area contributed by atoms with Crippen molar-refractivity contribution in [2.45, 2.75) is 31.3 Å². The van der Waals surface area contributed by atoms with Crippen molar-refractivity contribution in [3.8, 4) is 0 Å². The highest BCUT2D eigenvalue weighted by molar-refractivity contribution is 8.16. The maximum atomic E-state index is 13.1. The molecule has 1 aromatic carbocycles. The minimum atomic E-state index is -0.865. The van der Waals surface area contributed by atoms with Crippen LogP contribution in [-0.4, -0.2) is 47.2 Å². The highest BCUT2D eigenvalue weighted by Crippen LogP contribution is 2.43. The summed E-state index contributed by atoms with van der Waals surface area (Å²) in [5.41, 5.74) is 1.94. The standard InChI is InChI=1S/C21H26N2O6S2/c1-6-28-19(24)15-12(3)22-18(21(30-4)31-5)17(20(25)29-7-2)16(15)13-9-8-10-14(11-13)23(26)27/h8-11,16,21-22H,6-7H2,1-5H3. The van der Waals surface area contributed by atoms with E-state index in [-0.39, 0.29) is 34.6 Å². The Labute approximate surface area is 190 Å². The third-order valence-electron chi connectivity index (χ3n) is 4.66. The fraction of sp³-hybridized carbons (Fsp3) is 0.429. The van der Waals surface area contributed by atoms with Gasteiger partial charge in [0.2, 0.25) is 0 Å². The molecule has 0 bridgehead atoms. The second-order valence-corrected chi connectivity index (χ2v) is 8.70. The molecule has 0 fully saturated rings. The van der Waals surface area contributed by atoms with Crippen LogP contribution in [0.4, 0.5) is 5.69 Å². The molecule has 0 saturated heterocycles. The number of non-ortho nitro benzene ring substituents is 1. The van der Waals surface area contributed by atoms with Gasteiger partial charge in [0.25, 0.3) is 5.69 Å². The normalized spacial score (nSPS) is 16.3. The van der Waals surface area contributed by atoms with Crippen LogP contribution in [0.1, 0.15) is 32.3 Å². The molecular formula is C21H26N2O6S2. The zero-order valence-corrected chi connectivity index (χ0v) is 19.7. The van der Waals surface area contributed by atoms with Gasteiger partial charge in [-0.1, -0.05) is 12.1 Å². The van der Waals surface area contributed by atoms with Crippen molar-refractivity contribution in [3.63, 3.8) is 0 Å². The van der Waals surface area contributed by atoms with Gasteiger partial charge in [-0.25, -0.2) is 9.59 Å². The van der Waals surface area contributed by atoms with E-state index in [9.17, 15) is 19.7 Å². The van der Waals surface area contributed by atoms with E-state index >= 15 is 0 Å². The number of hydrogen-bond donors (Lipinski definition) is 1. The lowest BCUT2D eigenvalue weighted by atomic mass is 9.80. The number of nitrogens with one attached hydrogen (secondary N) is 1. The number of dihydropyridines is 1. The van der Waals surface area contributed by atoms with E-state index in [0.717, 1.165) is 0 Å². The van der Waals surface area contributed by atoms with Crippen molar-refractivity contribution < 1.29 is 24.0 Å². The Hall–Kier alpha value is -2.46. The Morgan fingerprint density at radius 3 is 2.23 bits per heavy atom. The largest absolute Gasteiger partial charge is 0.463 e. The third-order valence-corrected chi connectivity index (χ3v) is 7.15. The van der Waals surface area contributed by atoms with Gasteiger partial charge in [0, 0.05) is 23.5 Å². The van der Waals surface area contributed by atoms with Crippen LogP contribution in [-0.2, 0) is 19.1 Å². The number of nitrogens with zero attached hydrogens (tertiary/aromatic N) is 1. The second-order valence-electron chi connectivity index (χ2n) is 6.52. The molecule has 0 spiro atoms. The van der Waals surface area contributed by atoms with E-state index in [1.54, 1.807) is 26.8 Å². The molecule has 1 heterocycles. The number of ether oxygens (including phenoxy) is 2. The molecule has 1 N–H and O–H groups in total. The summed E-state index contributed by atoms with van der Waals surface area (Å²) in [4.78, 5) is 36.9. The summed E-state index contributed by atoms with van der Waals surface area (Å²) in [5, 5.41) is 14.6. The first-order chi connectivity index (χ1) is 14.8. The summed E-state index contributed by atoms with van der Waals surface area (Å²) >= 11 is 3.06. The highest BCUT2D eigenvalue weighted by atomic mass is 32.2. The molecule has 0 aliphatic carbocycles. The molecule has 0 amide bonds. The van der Waals surface area contributed by atoms with Gasteiger partial charge in [-0.05, 0) is 38.8 Å². The van der Waals surface area contributed by atoms with Gasteiger partial charge in [-0.2, -0.15) is 0 Å². The number of carbonyl (C=O) groups is 2.